The average Bonchev–Trinajstić information content (AvgIpc) is 2.86. The molecular formula is C11H13N5O3. The van der Waals surface area contributed by atoms with Crippen LogP contribution in [0.3, 0.4) is 0 Å². The Balaban J connectivity index is 2.07. The van der Waals surface area contributed by atoms with Crippen molar-refractivity contribution in [2.24, 2.45) is 0 Å². The number of nitro groups is 1. The Morgan fingerprint density at radius 2 is 2.26 bits per heavy atom. The first kappa shape index (κ1) is 11.8. The molecule has 8 nitrogen and oxygen atoms in total. The van der Waals surface area contributed by atoms with Crippen molar-refractivity contribution in [3.63, 3.8) is 0 Å². The smallest absolute Gasteiger partial charge is 0.300 e. The molecule has 0 amide bonds. The molecule has 1 N–H and O–H groups in total. The van der Waals surface area contributed by atoms with Gasteiger partial charge in [0.05, 0.1) is 10.6 Å². The normalized spacial score (nSPS) is 19.8. The second-order valence-corrected chi connectivity index (χ2v) is 4.62. The van der Waals surface area contributed by atoms with Crippen molar-refractivity contribution < 1.29 is 9.55 Å². The Kier molecular flexibility index (Phi) is 2.79. The summed E-state index contributed by atoms with van der Waals surface area (Å²) in [6.07, 6.45) is 0. The highest BCUT2D eigenvalue weighted by molar-refractivity contribution is 5.93. The largest absolute Gasteiger partial charge is 0.367 e. The monoisotopic (exact) mass is 263 g/mol. The number of anilines is 1. The topological polar surface area (TPSA) is 97.3 Å². The van der Waals surface area contributed by atoms with Gasteiger partial charge < -0.3 is 10.2 Å². The van der Waals surface area contributed by atoms with E-state index >= 15 is 0 Å². The maximum absolute atomic E-state index is 10.9. The number of benzene rings is 1. The van der Waals surface area contributed by atoms with Crippen LogP contribution in [0, 0.1) is 10.1 Å². The van der Waals surface area contributed by atoms with Gasteiger partial charge in [-0.25, -0.2) is 4.63 Å². The van der Waals surface area contributed by atoms with Gasteiger partial charge in [0.1, 0.15) is 0 Å². The molecule has 1 aromatic carbocycles. The van der Waals surface area contributed by atoms with Crippen molar-refractivity contribution in [2.45, 2.75) is 13.0 Å². The predicted molar refractivity (Wildman–Crippen MR) is 68.1 cm³/mol. The lowest BCUT2D eigenvalue weighted by molar-refractivity contribution is -0.383. The molecule has 0 radical (unpaired) electrons. The molecule has 0 saturated carbocycles. The van der Waals surface area contributed by atoms with E-state index in [0.29, 0.717) is 11.6 Å². The van der Waals surface area contributed by atoms with Gasteiger partial charge >= 0.3 is 5.69 Å². The molecule has 19 heavy (non-hydrogen) atoms. The Hall–Kier alpha value is -2.22. The van der Waals surface area contributed by atoms with Crippen LogP contribution in [0.25, 0.3) is 11.0 Å². The Morgan fingerprint density at radius 3 is 3.00 bits per heavy atom. The summed E-state index contributed by atoms with van der Waals surface area (Å²) < 4.78 is 4.67. The third-order valence-corrected chi connectivity index (χ3v) is 3.28. The second kappa shape index (κ2) is 4.47. The summed E-state index contributed by atoms with van der Waals surface area (Å²) in [5, 5.41) is 21.7. The molecule has 0 spiro atoms. The van der Waals surface area contributed by atoms with Gasteiger partial charge in [-0.05, 0) is 23.3 Å². The number of fused-ring (bicyclic) bond motifs is 1. The van der Waals surface area contributed by atoms with E-state index in [4.69, 9.17) is 0 Å². The van der Waals surface area contributed by atoms with Gasteiger partial charge in [-0.1, -0.05) is 0 Å². The number of aromatic nitrogens is 2. The maximum Gasteiger partial charge on any atom is 0.300 e. The summed E-state index contributed by atoms with van der Waals surface area (Å²) >= 11 is 0. The number of hydrogen-bond acceptors (Lipinski definition) is 7. The molecule has 0 unspecified atom stereocenters. The van der Waals surface area contributed by atoms with Crippen LogP contribution in [0.4, 0.5) is 11.4 Å². The quantitative estimate of drug-likeness (QED) is 0.635. The summed E-state index contributed by atoms with van der Waals surface area (Å²) in [5.74, 6) is 0. The van der Waals surface area contributed by atoms with Crippen molar-refractivity contribution >= 4 is 22.4 Å². The van der Waals surface area contributed by atoms with Crippen LogP contribution in [0.15, 0.2) is 16.8 Å². The zero-order valence-electron chi connectivity index (χ0n) is 10.4. The fourth-order valence-electron chi connectivity index (χ4n) is 2.39. The fourth-order valence-corrected chi connectivity index (χ4v) is 2.39. The van der Waals surface area contributed by atoms with Gasteiger partial charge in [-0.2, -0.15) is 0 Å². The molecule has 1 aliphatic heterocycles. The Labute approximate surface area is 108 Å². The lowest BCUT2D eigenvalue weighted by Gasteiger charge is -2.33. The lowest BCUT2D eigenvalue weighted by Crippen LogP contribution is -2.49. The zero-order valence-corrected chi connectivity index (χ0v) is 10.4. The van der Waals surface area contributed by atoms with Gasteiger partial charge in [-0.15, -0.1) is 0 Å². The first-order valence-corrected chi connectivity index (χ1v) is 6.05. The van der Waals surface area contributed by atoms with E-state index in [2.05, 4.69) is 32.1 Å². The highest BCUT2D eigenvalue weighted by Gasteiger charge is 2.24. The highest BCUT2D eigenvalue weighted by Crippen LogP contribution is 2.31. The van der Waals surface area contributed by atoms with Crippen LogP contribution in [-0.4, -0.2) is 40.9 Å². The lowest BCUT2D eigenvalue weighted by atomic mass is 10.1. The number of non-ortho nitro benzene ring substituents is 1. The van der Waals surface area contributed by atoms with Crippen LogP contribution in [0.1, 0.15) is 6.92 Å². The van der Waals surface area contributed by atoms with Crippen LogP contribution in [0.2, 0.25) is 0 Å². The number of piperazine rings is 1. The SMILES string of the molecule is C[C@@H]1CN(c2ccc([N+](=O)[O-])c3nonc23)CCN1. The Morgan fingerprint density at radius 1 is 1.47 bits per heavy atom. The number of nitrogens with zero attached hydrogens (tertiary/aromatic N) is 4. The van der Waals surface area contributed by atoms with Crippen molar-refractivity contribution in [3.05, 3.63) is 22.2 Å². The Bertz CT molecular complexity index is 626. The van der Waals surface area contributed by atoms with Gasteiger partial charge in [0.25, 0.3) is 0 Å². The highest BCUT2D eigenvalue weighted by atomic mass is 16.6. The van der Waals surface area contributed by atoms with Crippen LogP contribution >= 0.6 is 0 Å². The molecule has 8 heteroatoms. The molecule has 2 heterocycles. The third kappa shape index (κ3) is 1.99. The number of nitrogens with one attached hydrogen (secondary N) is 1. The second-order valence-electron chi connectivity index (χ2n) is 4.62. The molecule has 2 aromatic rings. The molecule has 100 valence electrons. The minimum Gasteiger partial charge on any atom is -0.367 e. The molecule has 0 bridgehead atoms. The molecule has 1 saturated heterocycles. The first-order chi connectivity index (χ1) is 9.16. The van der Waals surface area contributed by atoms with E-state index in [1.165, 1.54) is 6.07 Å². The molecule has 0 aliphatic carbocycles. The molecular weight excluding hydrogens is 250 g/mol. The zero-order chi connectivity index (χ0) is 13.4. The minimum atomic E-state index is -0.475. The van der Waals surface area contributed by atoms with Gasteiger partial charge in [0.2, 0.25) is 5.52 Å². The van der Waals surface area contributed by atoms with Crippen molar-refractivity contribution in [3.8, 4) is 0 Å². The van der Waals surface area contributed by atoms with Gasteiger partial charge in [-0.3, -0.25) is 10.1 Å². The van der Waals surface area contributed by atoms with Crippen molar-refractivity contribution in [1.82, 2.24) is 15.6 Å². The van der Waals surface area contributed by atoms with Crippen LogP contribution in [0.5, 0.6) is 0 Å². The van der Waals surface area contributed by atoms with Crippen LogP contribution in [-0.2, 0) is 0 Å². The molecule has 1 aliphatic rings. The number of rotatable bonds is 2. The van der Waals surface area contributed by atoms with Crippen LogP contribution < -0.4 is 10.2 Å². The van der Waals surface area contributed by atoms with E-state index in [1.54, 1.807) is 6.07 Å². The van der Waals surface area contributed by atoms with E-state index in [-0.39, 0.29) is 11.2 Å². The average molecular weight is 263 g/mol. The van der Waals surface area contributed by atoms with Crippen molar-refractivity contribution in [2.75, 3.05) is 24.5 Å². The first-order valence-electron chi connectivity index (χ1n) is 6.05. The minimum absolute atomic E-state index is 0.0804. The summed E-state index contributed by atoms with van der Waals surface area (Å²) in [4.78, 5) is 12.6. The predicted octanol–water partition coefficient (Wildman–Crippen LogP) is 0.929. The molecule has 1 aromatic heterocycles. The summed E-state index contributed by atoms with van der Waals surface area (Å²) in [7, 11) is 0. The van der Waals surface area contributed by atoms with E-state index in [9.17, 15) is 10.1 Å². The van der Waals surface area contributed by atoms with E-state index < -0.39 is 4.92 Å². The fraction of sp³-hybridized carbons (Fsp3) is 0.455. The summed E-state index contributed by atoms with van der Waals surface area (Å²) in [6.45, 7) is 4.60. The summed E-state index contributed by atoms with van der Waals surface area (Å²) in [5.41, 5.74) is 1.40. The number of hydrogen-bond donors (Lipinski definition) is 1. The standard InChI is InChI=1S/C11H13N5O3/c1-7-6-15(5-4-12-7)8-2-3-9(16(17)18)11-10(8)13-19-14-11/h2-3,7,12H,4-6H2,1H3/t7-/m1/s1. The number of nitro benzene ring substituents is 1. The third-order valence-electron chi connectivity index (χ3n) is 3.28. The molecule has 1 atom stereocenters. The van der Waals surface area contributed by atoms with E-state index in [1.807, 2.05) is 0 Å². The van der Waals surface area contributed by atoms with E-state index in [0.717, 1.165) is 25.3 Å². The van der Waals surface area contributed by atoms with Gasteiger partial charge in [0, 0.05) is 31.7 Å². The van der Waals surface area contributed by atoms with Crippen molar-refractivity contribution in [1.29, 1.82) is 0 Å². The maximum atomic E-state index is 10.9. The molecule has 3 rings (SSSR count). The van der Waals surface area contributed by atoms with Gasteiger partial charge in [0.15, 0.2) is 5.52 Å². The molecule has 1 fully saturated rings. The summed E-state index contributed by atoms with van der Waals surface area (Å²) in [6, 6.07) is 3.52.